The number of aromatic nitrogens is 2. The monoisotopic (exact) mass is 340 g/mol. The molecule has 2 aliphatic heterocycles. The third kappa shape index (κ3) is 2.24. The second-order valence-corrected chi connectivity index (χ2v) is 6.00. The highest BCUT2D eigenvalue weighted by molar-refractivity contribution is 8.08. The second-order valence-electron chi connectivity index (χ2n) is 4.89. The zero-order valence-corrected chi connectivity index (χ0v) is 12.6. The van der Waals surface area contributed by atoms with E-state index >= 15 is 0 Å². The summed E-state index contributed by atoms with van der Waals surface area (Å²) < 4.78 is 6.17. The number of ether oxygens (including phenoxy) is 1. The molecule has 1 aromatic rings. The number of primary amides is 1. The van der Waals surface area contributed by atoms with Gasteiger partial charge in [-0.15, -0.1) is 0 Å². The van der Waals surface area contributed by atoms with Gasteiger partial charge in [0.15, 0.2) is 0 Å². The molecule has 1 fully saturated rings. The van der Waals surface area contributed by atoms with E-state index in [1.807, 2.05) is 0 Å². The Hall–Kier alpha value is -2.53. The number of aliphatic hydroxyl groups excluding tert-OH is 1. The third-order valence-corrected chi connectivity index (χ3v) is 4.90. The van der Waals surface area contributed by atoms with Crippen LogP contribution in [0.15, 0.2) is 12.1 Å². The van der Waals surface area contributed by atoms with Gasteiger partial charge in [-0.3, -0.25) is 19.1 Å². The predicted octanol–water partition coefficient (Wildman–Crippen LogP) is -0.408. The number of imidazole rings is 1. The summed E-state index contributed by atoms with van der Waals surface area (Å²) in [7, 11) is 0. The summed E-state index contributed by atoms with van der Waals surface area (Å²) in [6, 6.07) is 0. The summed E-state index contributed by atoms with van der Waals surface area (Å²) in [6.45, 7) is 1.25. The second kappa shape index (κ2) is 5.28. The molecule has 122 valence electrons. The van der Waals surface area contributed by atoms with E-state index in [4.69, 9.17) is 15.6 Å². The Labute approximate surface area is 133 Å². The lowest BCUT2D eigenvalue weighted by Gasteiger charge is -2.40. The summed E-state index contributed by atoms with van der Waals surface area (Å²) in [6.07, 6.45) is -0.234. The number of nitrogens with two attached hydrogens (primary N) is 1. The molecule has 10 nitrogen and oxygen atoms in total. The van der Waals surface area contributed by atoms with Gasteiger partial charge in [-0.05, 0) is 6.92 Å². The van der Waals surface area contributed by atoms with Gasteiger partial charge in [0, 0.05) is 6.20 Å². The molecule has 0 radical (unpaired) electrons. The van der Waals surface area contributed by atoms with Crippen molar-refractivity contribution in [2.45, 2.75) is 12.3 Å². The lowest BCUT2D eigenvalue weighted by atomic mass is 10.00. The van der Waals surface area contributed by atoms with E-state index in [1.54, 1.807) is 6.92 Å². The molecule has 2 amide bonds. The number of hydrogen-bond donors (Lipinski definition) is 3. The van der Waals surface area contributed by atoms with E-state index < -0.39 is 29.3 Å². The van der Waals surface area contributed by atoms with Crippen LogP contribution in [0.1, 0.15) is 16.3 Å². The van der Waals surface area contributed by atoms with Gasteiger partial charge in [-0.2, -0.15) is 0 Å². The van der Waals surface area contributed by atoms with Crippen molar-refractivity contribution in [1.29, 1.82) is 0 Å². The van der Waals surface area contributed by atoms with Gasteiger partial charge in [-0.1, -0.05) is 11.8 Å². The molecule has 0 bridgehead atoms. The molecular formula is C12H12N4O6S. The molecule has 0 spiro atoms. The molecule has 2 aliphatic rings. The van der Waals surface area contributed by atoms with Crippen LogP contribution in [0.4, 0.5) is 4.79 Å². The van der Waals surface area contributed by atoms with Crippen molar-refractivity contribution in [1.82, 2.24) is 14.5 Å². The van der Waals surface area contributed by atoms with Crippen molar-refractivity contribution in [2.24, 2.45) is 11.7 Å². The summed E-state index contributed by atoms with van der Waals surface area (Å²) in [5.41, 5.74) is 5.19. The lowest BCUT2D eigenvalue weighted by Crippen LogP contribution is -2.58. The molecule has 23 heavy (non-hydrogen) atoms. The van der Waals surface area contributed by atoms with Crippen LogP contribution < -0.4 is 5.73 Å². The maximum Gasteiger partial charge on any atom is 0.512 e. The summed E-state index contributed by atoms with van der Waals surface area (Å²) in [5, 5.41) is 18.0. The Morgan fingerprint density at radius 1 is 1.52 bits per heavy atom. The molecule has 11 heteroatoms. The largest absolute Gasteiger partial charge is 0.512 e. The SMILES string of the molecule is Cc1nc(C(N)=O)cn1C1=C(OC(=O)O)N2C(=O)[C@H](CO)[C@H]2S1. The smallest absolute Gasteiger partial charge is 0.449 e. The van der Waals surface area contributed by atoms with Crippen LogP contribution in [0.25, 0.3) is 5.03 Å². The van der Waals surface area contributed by atoms with E-state index in [-0.39, 0.29) is 18.2 Å². The number of amides is 2. The minimum atomic E-state index is -1.58. The average Bonchev–Trinajstić information content (AvgIpc) is 2.97. The number of fused-ring (bicyclic) bond motifs is 1. The van der Waals surface area contributed by atoms with Gasteiger partial charge in [-0.25, -0.2) is 9.78 Å². The summed E-state index contributed by atoms with van der Waals surface area (Å²) in [5.74, 6) is -1.58. The molecule has 3 rings (SSSR count). The van der Waals surface area contributed by atoms with Gasteiger partial charge in [0.2, 0.25) is 11.8 Å². The van der Waals surface area contributed by atoms with E-state index in [1.165, 1.54) is 15.7 Å². The molecule has 0 saturated carbocycles. The fourth-order valence-electron chi connectivity index (χ4n) is 2.44. The van der Waals surface area contributed by atoms with Crippen molar-refractivity contribution in [3.63, 3.8) is 0 Å². The number of rotatable bonds is 4. The number of nitrogens with zero attached hydrogens (tertiary/aromatic N) is 3. The fourth-order valence-corrected chi connectivity index (χ4v) is 3.88. The van der Waals surface area contributed by atoms with Crippen LogP contribution in [0.2, 0.25) is 0 Å². The Balaban J connectivity index is 2.05. The van der Waals surface area contributed by atoms with Gasteiger partial charge >= 0.3 is 6.16 Å². The number of β-lactam (4-membered cyclic amide) rings is 1. The Kier molecular flexibility index (Phi) is 3.53. The summed E-state index contributed by atoms with van der Waals surface area (Å²) in [4.78, 5) is 39.3. The minimum Gasteiger partial charge on any atom is -0.449 e. The molecule has 0 aromatic carbocycles. The van der Waals surface area contributed by atoms with Crippen molar-refractivity contribution in [3.8, 4) is 0 Å². The first-order valence-corrected chi connectivity index (χ1v) is 7.35. The fraction of sp³-hybridized carbons (Fsp3) is 0.333. The molecule has 3 heterocycles. The Morgan fingerprint density at radius 3 is 2.74 bits per heavy atom. The number of thioether (sulfide) groups is 1. The van der Waals surface area contributed by atoms with Gasteiger partial charge in [0.25, 0.3) is 5.91 Å². The van der Waals surface area contributed by atoms with Crippen molar-refractivity contribution in [2.75, 3.05) is 6.61 Å². The highest BCUT2D eigenvalue weighted by atomic mass is 32.2. The average molecular weight is 340 g/mol. The molecule has 0 aliphatic carbocycles. The van der Waals surface area contributed by atoms with Crippen LogP contribution >= 0.6 is 11.8 Å². The highest BCUT2D eigenvalue weighted by Gasteiger charge is 2.56. The van der Waals surface area contributed by atoms with Gasteiger partial charge in [0.1, 0.15) is 21.9 Å². The number of carbonyl (C=O) groups is 3. The van der Waals surface area contributed by atoms with Crippen molar-refractivity contribution >= 4 is 34.8 Å². The zero-order valence-electron chi connectivity index (χ0n) is 11.8. The third-order valence-electron chi connectivity index (χ3n) is 3.52. The van der Waals surface area contributed by atoms with Crippen LogP contribution in [-0.2, 0) is 9.53 Å². The van der Waals surface area contributed by atoms with Crippen molar-refractivity contribution < 1.29 is 29.3 Å². The first-order chi connectivity index (χ1) is 10.8. The molecule has 1 aromatic heterocycles. The predicted molar refractivity (Wildman–Crippen MR) is 76.6 cm³/mol. The Bertz CT molecular complexity index is 757. The van der Waals surface area contributed by atoms with E-state index in [0.717, 1.165) is 11.8 Å². The molecular weight excluding hydrogens is 328 g/mol. The maximum atomic E-state index is 12.0. The van der Waals surface area contributed by atoms with Gasteiger partial charge in [0.05, 0.1) is 12.5 Å². The number of carboxylic acid groups (broad SMARTS) is 1. The minimum absolute atomic E-state index is 0.00422. The van der Waals surface area contributed by atoms with E-state index in [9.17, 15) is 19.5 Å². The van der Waals surface area contributed by atoms with Crippen LogP contribution in [0, 0.1) is 12.8 Å². The highest BCUT2D eigenvalue weighted by Crippen LogP contribution is 2.51. The van der Waals surface area contributed by atoms with Gasteiger partial charge < -0.3 is 20.7 Å². The molecule has 1 saturated heterocycles. The van der Waals surface area contributed by atoms with Crippen LogP contribution in [0.3, 0.4) is 0 Å². The topological polar surface area (TPSA) is 148 Å². The quantitative estimate of drug-likeness (QED) is 0.495. The number of hydrogen-bond acceptors (Lipinski definition) is 7. The molecule has 2 atom stereocenters. The first kappa shape index (κ1) is 15.4. The number of aryl methyl sites for hydroxylation is 1. The molecule has 0 unspecified atom stereocenters. The standard InChI is InChI=1S/C12H12N4O6S/c1-4-14-6(7(13)18)2-15(4)11-9(22-12(20)21)16-8(19)5(3-17)10(16)23-11/h2,5,10,17H,3H2,1H3,(H2,13,18)(H,20,21)/t5-,10+/m0/s1. The molecule has 4 N–H and O–H groups in total. The van der Waals surface area contributed by atoms with Crippen LogP contribution in [-0.4, -0.2) is 54.6 Å². The number of carbonyl (C=O) groups excluding carboxylic acids is 2. The first-order valence-electron chi connectivity index (χ1n) is 6.47. The van der Waals surface area contributed by atoms with Crippen molar-refractivity contribution in [3.05, 3.63) is 23.6 Å². The maximum absolute atomic E-state index is 12.0. The zero-order chi connectivity index (χ0) is 16.9. The van der Waals surface area contributed by atoms with E-state index in [0.29, 0.717) is 10.9 Å². The Morgan fingerprint density at radius 2 is 2.22 bits per heavy atom. The lowest BCUT2D eigenvalue weighted by molar-refractivity contribution is -0.151. The number of aliphatic hydroxyl groups is 1. The van der Waals surface area contributed by atoms with E-state index in [2.05, 4.69) is 4.98 Å². The normalized spacial score (nSPS) is 22.9. The summed E-state index contributed by atoms with van der Waals surface area (Å²) >= 11 is 1.15. The van der Waals surface area contributed by atoms with Crippen LogP contribution in [0.5, 0.6) is 0 Å².